The molecule has 0 aliphatic carbocycles. The van der Waals surface area contributed by atoms with E-state index in [1.807, 2.05) is 18.0 Å². The van der Waals surface area contributed by atoms with E-state index in [4.69, 9.17) is 0 Å². The quantitative estimate of drug-likeness (QED) is 0.637. The first-order valence-electron chi connectivity index (χ1n) is 3.92. The maximum absolute atomic E-state index is 4.20. The molecule has 12 heavy (non-hydrogen) atoms. The van der Waals surface area contributed by atoms with Crippen molar-refractivity contribution in [2.75, 3.05) is 11.5 Å². The fourth-order valence-corrected chi connectivity index (χ4v) is 2.29. The zero-order chi connectivity index (χ0) is 8.23. The summed E-state index contributed by atoms with van der Waals surface area (Å²) in [7, 11) is 0. The summed E-state index contributed by atoms with van der Waals surface area (Å²) >= 11 is 1.99. The van der Waals surface area contributed by atoms with Crippen molar-refractivity contribution in [3.05, 3.63) is 12.7 Å². The van der Waals surface area contributed by atoms with Crippen molar-refractivity contribution in [1.29, 1.82) is 0 Å². The summed E-state index contributed by atoms with van der Waals surface area (Å²) in [6.45, 7) is 0. The van der Waals surface area contributed by atoms with Crippen LogP contribution in [0.15, 0.2) is 17.8 Å². The predicted molar refractivity (Wildman–Crippen MR) is 49.3 cm³/mol. The van der Waals surface area contributed by atoms with Gasteiger partial charge in [-0.05, 0) is 12.2 Å². The van der Waals surface area contributed by atoms with E-state index in [0.29, 0.717) is 5.92 Å². The summed E-state index contributed by atoms with van der Waals surface area (Å²) in [5.41, 5.74) is 0. The van der Waals surface area contributed by atoms with Crippen LogP contribution in [0, 0.1) is 5.92 Å². The van der Waals surface area contributed by atoms with Crippen LogP contribution in [-0.4, -0.2) is 32.6 Å². The molecule has 0 spiro atoms. The molecule has 1 aliphatic heterocycles. The molecule has 5 heteroatoms. The van der Waals surface area contributed by atoms with Crippen LogP contribution in [0.4, 0.5) is 0 Å². The smallest absolute Gasteiger partial charge is 0.141 e. The van der Waals surface area contributed by atoms with Gasteiger partial charge in [0.1, 0.15) is 12.7 Å². The van der Waals surface area contributed by atoms with E-state index in [9.17, 15) is 0 Å². The molecule has 0 aromatic carbocycles. The zero-order valence-corrected chi connectivity index (χ0v) is 7.44. The minimum Gasteiger partial charge on any atom is -0.208 e. The normalized spacial score (nSPS) is 23.8. The Morgan fingerprint density at radius 2 is 2.33 bits per heavy atom. The summed E-state index contributed by atoms with van der Waals surface area (Å²) in [6, 6.07) is 0. The highest BCUT2D eigenvalue weighted by Crippen LogP contribution is 2.21. The van der Waals surface area contributed by atoms with Crippen LogP contribution in [0.1, 0.15) is 6.42 Å². The number of thioether (sulfide) groups is 1. The minimum absolute atomic E-state index is 0.636. The highest BCUT2D eigenvalue weighted by Gasteiger charge is 2.12. The largest absolute Gasteiger partial charge is 0.208 e. The second-order valence-corrected chi connectivity index (χ2v) is 3.88. The summed E-state index contributed by atoms with van der Waals surface area (Å²) < 4.78 is 1.63. The third kappa shape index (κ3) is 1.85. The lowest BCUT2D eigenvalue weighted by Gasteiger charge is -1.96. The summed E-state index contributed by atoms with van der Waals surface area (Å²) in [4.78, 5) is 0. The Kier molecular flexibility index (Phi) is 2.41. The monoisotopic (exact) mass is 182 g/mol. The highest BCUT2D eigenvalue weighted by molar-refractivity contribution is 7.99. The van der Waals surface area contributed by atoms with E-state index in [-0.39, 0.29) is 0 Å². The molecule has 1 saturated heterocycles. The molecule has 1 aromatic rings. The van der Waals surface area contributed by atoms with Crippen LogP contribution in [0.5, 0.6) is 0 Å². The Balaban J connectivity index is 1.93. The van der Waals surface area contributed by atoms with Crippen LogP contribution >= 0.6 is 11.8 Å². The Labute approximate surface area is 75.1 Å². The van der Waals surface area contributed by atoms with Gasteiger partial charge < -0.3 is 0 Å². The van der Waals surface area contributed by atoms with Gasteiger partial charge in [-0.2, -0.15) is 16.9 Å². The lowest BCUT2D eigenvalue weighted by atomic mass is 10.1. The molecule has 1 atom stereocenters. The molecule has 0 bridgehead atoms. The van der Waals surface area contributed by atoms with Crippen molar-refractivity contribution in [1.82, 2.24) is 14.9 Å². The molecule has 64 valence electrons. The van der Waals surface area contributed by atoms with Crippen molar-refractivity contribution in [3.63, 3.8) is 0 Å². The summed E-state index contributed by atoms with van der Waals surface area (Å²) in [6.07, 6.45) is 6.43. The summed E-state index contributed by atoms with van der Waals surface area (Å²) in [5.74, 6) is 3.10. The van der Waals surface area contributed by atoms with Crippen LogP contribution in [0.2, 0.25) is 0 Å². The third-order valence-electron chi connectivity index (χ3n) is 1.78. The number of nitrogens with zero attached hydrogens (tertiary/aromatic N) is 4. The fourth-order valence-electron chi connectivity index (χ4n) is 1.10. The first kappa shape index (κ1) is 7.79. The number of aromatic nitrogens is 3. The highest BCUT2D eigenvalue weighted by atomic mass is 32.2. The number of hydrogen-bond donors (Lipinski definition) is 0. The van der Waals surface area contributed by atoms with Crippen molar-refractivity contribution < 1.29 is 0 Å². The van der Waals surface area contributed by atoms with E-state index in [0.717, 1.165) is 0 Å². The fraction of sp³-hybridized carbons (Fsp3) is 0.571. The van der Waals surface area contributed by atoms with Gasteiger partial charge in [-0.15, -0.1) is 10.2 Å². The van der Waals surface area contributed by atoms with Crippen molar-refractivity contribution >= 4 is 18.0 Å². The molecule has 0 amide bonds. The van der Waals surface area contributed by atoms with Crippen molar-refractivity contribution in [2.24, 2.45) is 11.0 Å². The van der Waals surface area contributed by atoms with Crippen LogP contribution in [0.3, 0.4) is 0 Å². The maximum atomic E-state index is 4.20. The predicted octanol–water partition coefficient (Wildman–Crippen LogP) is 0.865. The second kappa shape index (κ2) is 3.71. The Hall–Kier alpha value is -0.840. The van der Waals surface area contributed by atoms with Gasteiger partial charge in [0.15, 0.2) is 0 Å². The van der Waals surface area contributed by atoms with Gasteiger partial charge in [0, 0.05) is 17.9 Å². The molecule has 1 unspecified atom stereocenters. The molecule has 1 aliphatic rings. The molecular formula is C7H10N4S. The third-order valence-corrected chi connectivity index (χ3v) is 2.97. The van der Waals surface area contributed by atoms with Gasteiger partial charge in [-0.1, -0.05) is 0 Å². The molecule has 4 nitrogen and oxygen atoms in total. The molecule has 1 aromatic heterocycles. The Bertz CT molecular complexity index is 250. The van der Waals surface area contributed by atoms with Gasteiger partial charge in [0.25, 0.3) is 0 Å². The first-order chi connectivity index (χ1) is 5.95. The molecule has 0 saturated carbocycles. The SMILES string of the molecule is C(=N\n1cnnc1)/C1CCSC1. The van der Waals surface area contributed by atoms with Crippen LogP contribution in [0.25, 0.3) is 0 Å². The number of rotatable bonds is 2. The van der Waals surface area contributed by atoms with E-state index in [2.05, 4.69) is 15.3 Å². The van der Waals surface area contributed by atoms with E-state index >= 15 is 0 Å². The zero-order valence-electron chi connectivity index (χ0n) is 6.63. The van der Waals surface area contributed by atoms with Crippen molar-refractivity contribution in [3.8, 4) is 0 Å². The summed E-state index contributed by atoms with van der Waals surface area (Å²) in [5, 5.41) is 11.5. The van der Waals surface area contributed by atoms with Gasteiger partial charge in [-0.25, -0.2) is 4.68 Å². The molecule has 0 N–H and O–H groups in total. The molecule has 2 heterocycles. The standard InChI is InChI=1S/C7H10N4S/c1-2-12-4-7(1)3-10-11-5-8-9-6-11/h3,5-7H,1-2,4H2/b10-3+. The lowest BCUT2D eigenvalue weighted by molar-refractivity contribution is 0.781. The lowest BCUT2D eigenvalue weighted by Crippen LogP contribution is -2.00. The molecule has 1 fully saturated rings. The first-order valence-corrected chi connectivity index (χ1v) is 5.07. The van der Waals surface area contributed by atoms with Gasteiger partial charge in [0.2, 0.25) is 0 Å². The second-order valence-electron chi connectivity index (χ2n) is 2.73. The van der Waals surface area contributed by atoms with Crippen molar-refractivity contribution in [2.45, 2.75) is 6.42 Å². The number of hydrogen-bond acceptors (Lipinski definition) is 4. The van der Waals surface area contributed by atoms with Gasteiger partial charge in [-0.3, -0.25) is 0 Å². The van der Waals surface area contributed by atoms with Crippen LogP contribution < -0.4 is 0 Å². The molecular weight excluding hydrogens is 172 g/mol. The average Bonchev–Trinajstić information content (AvgIpc) is 2.74. The van der Waals surface area contributed by atoms with E-state index in [1.165, 1.54) is 17.9 Å². The van der Waals surface area contributed by atoms with Gasteiger partial charge >= 0.3 is 0 Å². The van der Waals surface area contributed by atoms with Gasteiger partial charge in [0.05, 0.1) is 0 Å². The Morgan fingerprint density at radius 1 is 1.50 bits per heavy atom. The average molecular weight is 182 g/mol. The maximum Gasteiger partial charge on any atom is 0.141 e. The van der Waals surface area contributed by atoms with E-state index in [1.54, 1.807) is 17.3 Å². The van der Waals surface area contributed by atoms with Crippen LogP contribution in [-0.2, 0) is 0 Å². The minimum atomic E-state index is 0.636. The topological polar surface area (TPSA) is 43.1 Å². The van der Waals surface area contributed by atoms with E-state index < -0.39 is 0 Å². The molecule has 2 rings (SSSR count). The Morgan fingerprint density at radius 3 is 3.00 bits per heavy atom. The molecule has 0 radical (unpaired) electrons.